The molecule has 2 aromatic rings. The van der Waals surface area contributed by atoms with Crippen molar-refractivity contribution >= 4 is 11.8 Å². The van der Waals surface area contributed by atoms with E-state index in [1.807, 2.05) is 13.0 Å². The molecule has 3 rings (SSSR count). The molecule has 2 aromatic heterocycles. The molecule has 1 aliphatic rings. The third kappa shape index (κ3) is 3.50. The minimum Gasteiger partial charge on any atom is -0.472 e. The zero-order valence-corrected chi connectivity index (χ0v) is 13.9. The Morgan fingerprint density at radius 1 is 1.38 bits per heavy atom. The van der Waals surface area contributed by atoms with E-state index in [2.05, 4.69) is 5.16 Å². The molecule has 0 bridgehead atoms. The first-order valence-corrected chi connectivity index (χ1v) is 8.03. The zero-order chi connectivity index (χ0) is 17.1. The number of carbonyl (C=O) groups is 2. The van der Waals surface area contributed by atoms with E-state index in [1.54, 1.807) is 22.9 Å². The molecule has 0 aliphatic carbocycles. The lowest BCUT2D eigenvalue weighted by Crippen LogP contribution is -2.43. The number of hydrogen-bond acceptors (Lipinski definition) is 5. The highest BCUT2D eigenvalue weighted by molar-refractivity contribution is 5.94. The molecule has 2 amide bonds. The summed E-state index contributed by atoms with van der Waals surface area (Å²) in [7, 11) is 1.77. The van der Waals surface area contributed by atoms with Crippen LogP contribution < -0.4 is 0 Å². The van der Waals surface area contributed by atoms with E-state index in [0.29, 0.717) is 38.0 Å². The fraction of sp³-hybridized carbons (Fsp3) is 0.471. The maximum atomic E-state index is 12.6. The van der Waals surface area contributed by atoms with Gasteiger partial charge in [-0.3, -0.25) is 9.59 Å². The van der Waals surface area contributed by atoms with Crippen molar-refractivity contribution in [3.05, 3.63) is 41.7 Å². The third-order valence-electron chi connectivity index (χ3n) is 4.35. The third-order valence-corrected chi connectivity index (χ3v) is 4.35. The van der Waals surface area contributed by atoms with Gasteiger partial charge in [-0.25, -0.2) is 0 Å². The molecule has 24 heavy (non-hydrogen) atoms. The Bertz CT molecular complexity index is 699. The average Bonchev–Trinajstić information content (AvgIpc) is 3.25. The van der Waals surface area contributed by atoms with Crippen molar-refractivity contribution in [1.82, 2.24) is 15.0 Å². The summed E-state index contributed by atoms with van der Waals surface area (Å²) in [4.78, 5) is 28.3. The normalized spacial score (nSPS) is 15.5. The van der Waals surface area contributed by atoms with Crippen LogP contribution in [0.3, 0.4) is 0 Å². The van der Waals surface area contributed by atoms with E-state index in [9.17, 15) is 9.59 Å². The number of furan rings is 1. The van der Waals surface area contributed by atoms with Gasteiger partial charge in [0.25, 0.3) is 5.91 Å². The van der Waals surface area contributed by atoms with Crippen LogP contribution in [0.5, 0.6) is 0 Å². The first-order chi connectivity index (χ1) is 11.5. The van der Waals surface area contributed by atoms with E-state index in [0.717, 1.165) is 11.5 Å². The second-order valence-corrected chi connectivity index (χ2v) is 6.20. The summed E-state index contributed by atoms with van der Waals surface area (Å²) in [5.41, 5.74) is 1.30. The highest BCUT2D eigenvalue weighted by atomic mass is 16.5. The Hall–Kier alpha value is -2.57. The van der Waals surface area contributed by atoms with Gasteiger partial charge in [0.15, 0.2) is 0 Å². The Balaban J connectivity index is 1.52. The Morgan fingerprint density at radius 2 is 2.12 bits per heavy atom. The molecule has 0 radical (unpaired) electrons. The Morgan fingerprint density at radius 3 is 2.71 bits per heavy atom. The monoisotopic (exact) mass is 331 g/mol. The van der Waals surface area contributed by atoms with Crippen LogP contribution in [-0.4, -0.2) is 46.9 Å². The topological polar surface area (TPSA) is 79.8 Å². The summed E-state index contributed by atoms with van der Waals surface area (Å²) in [5.74, 6) is 0.723. The van der Waals surface area contributed by atoms with E-state index in [1.165, 1.54) is 12.5 Å². The summed E-state index contributed by atoms with van der Waals surface area (Å²) in [6, 6.07) is 3.49. The summed E-state index contributed by atoms with van der Waals surface area (Å²) >= 11 is 0. The largest absolute Gasteiger partial charge is 0.472 e. The second kappa shape index (κ2) is 6.90. The van der Waals surface area contributed by atoms with Crippen LogP contribution in [0.4, 0.5) is 0 Å². The maximum Gasteiger partial charge on any atom is 0.257 e. The van der Waals surface area contributed by atoms with Crippen LogP contribution in [0.15, 0.2) is 33.6 Å². The first kappa shape index (κ1) is 16.3. The average molecular weight is 331 g/mol. The van der Waals surface area contributed by atoms with Gasteiger partial charge in [0.1, 0.15) is 17.7 Å². The molecule has 0 atom stereocenters. The predicted molar refractivity (Wildman–Crippen MR) is 85.0 cm³/mol. The molecule has 1 aliphatic heterocycles. The summed E-state index contributed by atoms with van der Waals surface area (Å²) < 4.78 is 9.98. The fourth-order valence-electron chi connectivity index (χ4n) is 3.02. The Kier molecular flexibility index (Phi) is 4.69. The molecule has 1 saturated heterocycles. The molecular weight excluding hydrogens is 310 g/mol. The summed E-state index contributed by atoms with van der Waals surface area (Å²) in [6.45, 7) is 3.42. The molecule has 128 valence electrons. The van der Waals surface area contributed by atoms with Crippen LogP contribution in [0, 0.1) is 12.8 Å². The van der Waals surface area contributed by atoms with Crippen molar-refractivity contribution < 1.29 is 18.5 Å². The van der Waals surface area contributed by atoms with Crippen molar-refractivity contribution in [3.63, 3.8) is 0 Å². The van der Waals surface area contributed by atoms with Gasteiger partial charge < -0.3 is 18.7 Å². The summed E-state index contributed by atoms with van der Waals surface area (Å²) in [5, 5.41) is 3.92. The quantitative estimate of drug-likeness (QED) is 0.857. The van der Waals surface area contributed by atoms with Crippen LogP contribution in [-0.2, 0) is 11.3 Å². The lowest BCUT2D eigenvalue weighted by molar-refractivity contribution is -0.136. The number of carbonyl (C=O) groups excluding carboxylic acids is 2. The molecule has 0 aromatic carbocycles. The molecule has 7 heteroatoms. The smallest absolute Gasteiger partial charge is 0.257 e. The summed E-state index contributed by atoms with van der Waals surface area (Å²) in [6.07, 6.45) is 4.28. The van der Waals surface area contributed by atoms with Crippen molar-refractivity contribution in [2.24, 2.45) is 5.92 Å². The van der Waals surface area contributed by atoms with Gasteiger partial charge in [0, 0.05) is 32.1 Å². The van der Waals surface area contributed by atoms with Crippen LogP contribution in [0.1, 0.15) is 34.7 Å². The van der Waals surface area contributed by atoms with Gasteiger partial charge in [-0.15, -0.1) is 0 Å². The first-order valence-electron chi connectivity index (χ1n) is 8.03. The van der Waals surface area contributed by atoms with Crippen LogP contribution in [0.2, 0.25) is 0 Å². The van der Waals surface area contributed by atoms with Crippen LogP contribution >= 0.6 is 0 Å². The molecule has 7 nitrogen and oxygen atoms in total. The highest BCUT2D eigenvalue weighted by Gasteiger charge is 2.30. The molecule has 0 saturated carbocycles. The number of nitrogens with zero attached hydrogens (tertiary/aromatic N) is 3. The number of rotatable bonds is 4. The molecule has 0 spiro atoms. The SMILES string of the molecule is Cc1cc(CN(C)C(=O)C2CCN(C(=O)c3ccoc3)CC2)no1. The lowest BCUT2D eigenvalue weighted by Gasteiger charge is -2.32. The number of hydrogen-bond donors (Lipinski definition) is 0. The molecule has 0 unspecified atom stereocenters. The van der Waals surface area contributed by atoms with E-state index >= 15 is 0 Å². The second-order valence-electron chi connectivity index (χ2n) is 6.20. The van der Waals surface area contributed by atoms with Crippen LogP contribution in [0.25, 0.3) is 0 Å². The molecule has 3 heterocycles. The maximum absolute atomic E-state index is 12.6. The van der Waals surface area contributed by atoms with Gasteiger partial charge in [-0.1, -0.05) is 5.16 Å². The molecular formula is C17H21N3O4. The highest BCUT2D eigenvalue weighted by Crippen LogP contribution is 2.21. The van der Waals surface area contributed by atoms with Gasteiger partial charge in [0.2, 0.25) is 5.91 Å². The van der Waals surface area contributed by atoms with E-state index < -0.39 is 0 Å². The van der Waals surface area contributed by atoms with Gasteiger partial charge in [-0.05, 0) is 25.8 Å². The number of likely N-dealkylation sites (tertiary alicyclic amines) is 1. The zero-order valence-electron chi connectivity index (χ0n) is 13.9. The molecule has 1 fully saturated rings. The number of aryl methyl sites for hydroxylation is 1. The van der Waals surface area contributed by atoms with Crippen molar-refractivity contribution in [2.45, 2.75) is 26.3 Å². The number of piperidine rings is 1. The number of amides is 2. The van der Waals surface area contributed by atoms with Gasteiger partial charge >= 0.3 is 0 Å². The van der Waals surface area contributed by atoms with Gasteiger partial charge in [0.05, 0.1) is 18.4 Å². The predicted octanol–water partition coefficient (Wildman–Crippen LogP) is 2.09. The minimum absolute atomic E-state index is 0.0407. The standard InChI is InChI=1S/C17H21N3O4/c1-12-9-15(18-24-12)10-19(2)16(21)13-3-6-20(7-4-13)17(22)14-5-8-23-11-14/h5,8-9,11,13H,3-4,6-7,10H2,1-2H3. The lowest BCUT2D eigenvalue weighted by atomic mass is 9.95. The Labute approximate surface area is 140 Å². The minimum atomic E-state index is -0.0589. The van der Waals surface area contributed by atoms with Crippen molar-refractivity contribution in [3.8, 4) is 0 Å². The number of aromatic nitrogens is 1. The van der Waals surface area contributed by atoms with E-state index in [-0.39, 0.29) is 17.7 Å². The van der Waals surface area contributed by atoms with Gasteiger partial charge in [-0.2, -0.15) is 0 Å². The van der Waals surface area contributed by atoms with Crippen molar-refractivity contribution in [2.75, 3.05) is 20.1 Å². The van der Waals surface area contributed by atoms with Crippen molar-refractivity contribution in [1.29, 1.82) is 0 Å². The van der Waals surface area contributed by atoms with E-state index in [4.69, 9.17) is 8.94 Å². The fourth-order valence-corrected chi connectivity index (χ4v) is 3.02. The molecule has 0 N–H and O–H groups in total.